The van der Waals surface area contributed by atoms with Gasteiger partial charge in [0.1, 0.15) is 16.1 Å². The molecule has 2 aromatic heterocycles. The van der Waals surface area contributed by atoms with Crippen molar-refractivity contribution in [2.45, 2.75) is 38.8 Å². The minimum absolute atomic E-state index is 0.0247. The van der Waals surface area contributed by atoms with Gasteiger partial charge in [0.15, 0.2) is 0 Å². The van der Waals surface area contributed by atoms with Gasteiger partial charge in [-0.05, 0) is 7.05 Å². The largest absolute Gasteiger partial charge is 0.348 e. The first kappa shape index (κ1) is 16.6. The van der Waals surface area contributed by atoms with Crippen LogP contribution in [0.15, 0.2) is 12.4 Å². The van der Waals surface area contributed by atoms with Crippen LogP contribution in [0.4, 0.5) is 0 Å². The van der Waals surface area contributed by atoms with Crippen LogP contribution in [0, 0.1) is 0 Å². The molecule has 7 nitrogen and oxygen atoms in total. The number of likely N-dealkylation sites (N-methyl/N-ethyl adjacent to an activating group) is 1. The second-order valence-corrected chi connectivity index (χ2v) is 7.20. The van der Waals surface area contributed by atoms with E-state index in [0.717, 1.165) is 15.6 Å². The van der Waals surface area contributed by atoms with Gasteiger partial charge in [-0.15, -0.1) is 10.2 Å². The average Bonchev–Trinajstić information content (AvgIpc) is 3.06. The zero-order chi connectivity index (χ0) is 16.3. The first-order valence-corrected chi connectivity index (χ1v) is 7.89. The van der Waals surface area contributed by atoms with Gasteiger partial charge in [0.25, 0.3) is 0 Å². The molecule has 0 bridgehead atoms. The number of carbonyl (C=O) groups excluding carboxylic acids is 1. The number of aryl methyl sites for hydroxylation is 1. The number of hydrogen-bond acceptors (Lipinski definition) is 6. The molecule has 0 fully saturated rings. The molecule has 22 heavy (non-hydrogen) atoms. The zero-order valence-corrected chi connectivity index (χ0v) is 14.4. The van der Waals surface area contributed by atoms with Gasteiger partial charge in [-0.3, -0.25) is 9.48 Å². The number of nitrogens with one attached hydrogen (secondary N) is 2. The van der Waals surface area contributed by atoms with Crippen molar-refractivity contribution in [1.82, 2.24) is 30.6 Å². The minimum Gasteiger partial charge on any atom is -0.348 e. The Morgan fingerprint density at radius 2 is 2.14 bits per heavy atom. The van der Waals surface area contributed by atoms with Crippen LogP contribution in [-0.2, 0) is 23.8 Å². The van der Waals surface area contributed by atoms with E-state index in [-0.39, 0.29) is 11.3 Å². The van der Waals surface area contributed by atoms with Gasteiger partial charge < -0.3 is 10.6 Å². The lowest BCUT2D eigenvalue weighted by Crippen LogP contribution is -2.35. The summed E-state index contributed by atoms with van der Waals surface area (Å²) in [6.45, 7) is 6.66. The number of hydrogen-bond donors (Lipinski definition) is 2. The van der Waals surface area contributed by atoms with Crippen molar-refractivity contribution in [3.63, 3.8) is 0 Å². The Morgan fingerprint density at radius 3 is 2.64 bits per heavy atom. The highest BCUT2D eigenvalue weighted by Gasteiger charge is 2.22. The number of carbonyl (C=O) groups is 1. The third-order valence-electron chi connectivity index (χ3n) is 3.13. The first-order chi connectivity index (χ1) is 10.3. The molecule has 120 valence electrons. The Labute approximate surface area is 134 Å². The summed E-state index contributed by atoms with van der Waals surface area (Å²) in [6.07, 6.45) is 3.51. The lowest BCUT2D eigenvalue weighted by atomic mass is 9.98. The maximum Gasteiger partial charge on any atom is 0.242 e. The van der Waals surface area contributed by atoms with E-state index >= 15 is 0 Å². The molecule has 1 amide bonds. The smallest absolute Gasteiger partial charge is 0.242 e. The molecule has 0 aliphatic carbocycles. The van der Waals surface area contributed by atoms with E-state index < -0.39 is 6.04 Å². The number of rotatable bonds is 5. The summed E-state index contributed by atoms with van der Waals surface area (Å²) in [5.74, 6) is -0.108. The SMILES string of the molecule is CNC(C(=O)NCc1nnc(C(C)(C)C)s1)c1cnn(C)c1. The normalized spacial score (nSPS) is 13.1. The van der Waals surface area contributed by atoms with Crippen LogP contribution in [0.2, 0.25) is 0 Å². The number of nitrogens with zero attached hydrogens (tertiary/aromatic N) is 4. The molecule has 2 rings (SSSR count). The van der Waals surface area contributed by atoms with Crippen LogP contribution in [0.1, 0.15) is 42.4 Å². The third-order valence-corrected chi connectivity index (χ3v) is 4.48. The standard InChI is InChI=1S/C14H22N6OS/c1-14(2,3)13-19-18-10(22-13)7-16-12(21)11(15-4)9-6-17-20(5)8-9/h6,8,11,15H,7H2,1-5H3,(H,16,21). The topological polar surface area (TPSA) is 84.7 Å². The predicted octanol–water partition coefficient (Wildman–Crippen LogP) is 1.15. The van der Waals surface area contributed by atoms with Crippen molar-refractivity contribution in [1.29, 1.82) is 0 Å². The fourth-order valence-corrected chi connectivity index (χ4v) is 2.77. The van der Waals surface area contributed by atoms with Crippen LogP contribution in [0.25, 0.3) is 0 Å². The first-order valence-electron chi connectivity index (χ1n) is 7.07. The summed E-state index contributed by atoms with van der Waals surface area (Å²) in [5.41, 5.74) is 0.804. The Morgan fingerprint density at radius 1 is 1.41 bits per heavy atom. The Bertz CT molecular complexity index is 642. The van der Waals surface area contributed by atoms with E-state index in [9.17, 15) is 4.79 Å². The second kappa shape index (κ2) is 6.53. The average molecular weight is 322 g/mol. The van der Waals surface area contributed by atoms with Crippen molar-refractivity contribution in [2.24, 2.45) is 7.05 Å². The molecule has 2 N–H and O–H groups in total. The molecule has 2 heterocycles. The molecular formula is C14H22N6OS. The zero-order valence-electron chi connectivity index (χ0n) is 13.5. The Kier molecular flexibility index (Phi) is 4.92. The highest BCUT2D eigenvalue weighted by Crippen LogP contribution is 2.25. The van der Waals surface area contributed by atoms with Gasteiger partial charge in [-0.25, -0.2) is 0 Å². The quantitative estimate of drug-likeness (QED) is 0.862. The molecule has 0 spiro atoms. The molecule has 1 atom stereocenters. The summed E-state index contributed by atoms with van der Waals surface area (Å²) in [5, 5.41) is 20.1. The summed E-state index contributed by atoms with van der Waals surface area (Å²) >= 11 is 1.53. The van der Waals surface area contributed by atoms with Gasteiger partial charge in [-0.1, -0.05) is 32.1 Å². The molecule has 0 saturated heterocycles. The fraction of sp³-hybridized carbons (Fsp3) is 0.571. The van der Waals surface area contributed by atoms with Crippen LogP contribution in [0.5, 0.6) is 0 Å². The van der Waals surface area contributed by atoms with Crippen molar-refractivity contribution in [3.8, 4) is 0 Å². The lowest BCUT2D eigenvalue weighted by molar-refractivity contribution is -0.123. The highest BCUT2D eigenvalue weighted by molar-refractivity contribution is 7.11. The van der Waals surface area contributed by atoms with Gasteiger partial charge in [0.05, 0.1) is 12.7 Å². The maximum atomic E-state index is 12.3. The minimum atomic E-state index is -0.427. The lowest BCUT2D eigenvalue weighted by Gasteiger charge is -2.14. The summed E-state index contributed by atoms with van der Waals surface area (Å²) in [6, 6.07) is -0.427. The Balaban J connectivity index is 1.98. The molecule has 0 aromatic carbocycles. The number of amides is 1. The monoisotopic (exact) mass is 322 g/mol. The fourth-order valence-electron chi connectivity index (χ4n) is 1.93. The Hall–Kier alpha value is -1.80. The number of aromatic nitrogens is 4. The summed E-state index contributed by atoms with van der Waals surface area (Å²) < 4.78 is 1.67. The molecule has 0 aliphatic rings. The molecule has 0 radical (unpaired) electrons. The van der Waals surface area contributed by atoms with E-state index in [2.05, 4.69) is 46.7 Å². The van der Waals surface area contributed by atoms with Crippen LogP contribution < -0.4 is 10.6 Å². The van der Waals surface area contributed by atoms with Crippen molar-refractivity contribution >= 4 is 17.2 Å². The molecule has 0 aliphatic heterocycles. The molecule has 0 saturated carbocycles. The van der Waals surface area contributed by atoms with E-state index in [1.165, 1.54) is 11.3 Å². The summed E-state index contributed by atoms with van der Waals surface area (Å²) in [7, 11) is 3.57. The van der Waals surface area contributed by atoms with E-state index in [1.807, 2.05) is 13.2 Å². The predicted molar refractivity (Wildman–Crippen MR) is 85.5 cm³/mol. The van der Waals surface area contributed by atoms with Gasteiger partial charge >= 0.3 is 0 Å². The third kappa shape index (κ3) is 3.89. The van der Waals surface area contributed by atoms with E-state index in [4.69, 9.17) is 0 Å². The van der Waals surface area contributed by atoms with Crippen LogP contribution in [0.3, 0.4) is 0 Å². The van der Waals surface area contributed by atoms with Crippen molar-refractivity contribution in [3.05, 3.63) is 28.0 Å². The van der Waals surface area contributed by atoms with Crippen molar-refractivity contribution in [2.75, 3.05) is 7.05 Å². The molecular weight excluding hydrogens is 300 g/mol. The molecule has 2 aromatic rings. The van der Waals surface area contributed by atoms with E-state index in [0.29, 0.717) is 6.54 Å². The van der Waals surface area contributed by atoms with E-state index in [1.54, 1.807) is 17.9 Å². The molecule has 8 heteroatoms. The van der Waals surface area contributed by atoms with Crippen molar-refractivity contribution < 1.29 is 4.79 Å². The summed E-state index contributed by atoms with van der Waals surface area (Å²) in [4.78, 5) is 12.3. The van der Waals surface area contributed by atoms with Crippen LogP contribution >= 0.6 is 11.3 Å². The highest BCUT2D eigenvalue weighted by atomic mass is 32.1. The van der Waals surface area contributed by atoms with Crippen LogP contribution in [-0.4, -0.2) is 32.9 Å². The van der Waals surface area contributed by atoms with Gasteiger partial charge in [-0.2, -0.15) is 5.10 Å². The molecule has 1 unspecified atom stereocenters. The maximum absolute atomic E-state index is 12.3. The van der Waals surface area contributed by atoms with Gasteiger partial charge in [0, 0.05) is 24.2 Å². The van der Waals surface area contributed by atoms with Gasteiger partial charge in [0.2, 0.25) is 5.91 Å². The second-order valence-electron chi connectivity index (χ2n) is 6.14.